The van der Waals surface area contributed by atoms with Crippen molar-refractivity contribution in [1.29, 1.82) is 0 Å². The summed E-state index contributed by atoms with van der Waals surface area (Å²) in [4.78, 5) is 10.0. The molecule has 0 saturated carbocycles. The molecule has 0 bridgehead atoms. The molecule has 3 atom stereocenters. The van der Waals surface area contributed by atoms with Crippen LogP contribution in [0.15, 0.2) is 24.3 Å². The Bertz CT molecular complexity index is 419. The van der Waals surface area contributed by atoms with Crippen LogP contribution in [0, 0.1) is 5.82 Å². The molecule has 0 heterocycles. The van der Waals surface area contributed by atoms with Crippen molar-refractivity contribution in [3.05, 3.63) is 35.6 Å². The third-order valence-electron chi connectivity index (χ3n) is 2.94. The average Bonchev–Trinajstić information content (AvgIpc) is 2.31. The van der Waals surface area contributed by atoms with Gasteiger partial charge in [-0.15, -0.1) is 0 Å². The Labute approximate surface area is 108 Å². The Morgan fingerprint density at radius 2 is 1.83 bits per heavy atom. The predicted molar refractivity (Wildman–Crippen MR) is 70.1 cm³/mol. The van der Waals surface area contributed by atoms with E-state index in [1.807, 2.05) is 13.8 Å². The highest BCUT2D eigenvalue weighted by Crippen LogP contribution is 2.59. The molecule has 1 N–H and O–H groups in total. The first-order chi connectivity index (χ1) is 8.40. The molecule has 102 valence electrons. The van der Waals surface area contributed by atoms with E-state index >= 15 is 0 Å². The summed E-state index contributed by atoms with van der Waals surface area (Å²) in [5.74, 6) is -0.357. The Hall–Kier alpha value is -0.700. The first-order valence-electron chi connectivity index (χ1n) is 6.17. The van der Waals surface area contributed by atoms with Crippen molar-refractivity contribution < 1.29 is 18.4 Å². The van der Waals surface area contributed by atoms with Gasteiger partial charge in [0.25, 0.3) is 0 Å². The summed E-state index contributed by atoms with van der Waals surface area (Å²) in [5.41, 5.74) is 0.0279. The van der Waals surface area contributed by atoms with Gasteiger partial charge in [0.05, 0.1) is 11.8 Å². The van der Waals surface area contributed by atoms with Crippen molar-refractivity contribution >= 4 is 7.60 Å². The molecule has 0 amide bonds. The van der Waals surface area contributed by atoms with Gasteiger partial charge >= 0.3 is 7.60 Å². The number of rotatable bonds is 6. The molecule has 0 radical (unpaired) electrons. The van der Waals surface area contributed by atoms with Crippen LogP contribution in [-0.2, 0) is 9.09 Å². The molecule has 3 nitrogen and oxygen atoms in total. The second kappa shape index (κ2) is 6.46. The molecule has 1 aromatic carbocycles. The van der Waals surface area contributed by atoms with Gasteiger partial charge in [0.2, 0.25) is 0 Å². The van der Waals surface area contributed by atoms with Crippen LogP contribution in [0.4, 0.5) is 4.39 Å². The Morgan fingerprint density at radius 3 is 2.28 bits per heavy atom. The molecule has 1 rings (SSSR count). The molecule has 18 heavy (non-hydrogen) atoms. The molecule has 0 aliphatic carbocycles. The van der Waals surface area contributed by atoms with Gasteiger partial charge in [-0.3, -0.25) is 4.57 Å². The van der Waals surface area contributed by atoms with Crippen LogP contribution in [0.5, 0.6) is 0 Å². The summed E-state index contributed by atoms with van der Waals surface area (Å²) >= 11 is 0. The van der Waals surface area contributed by atoms with Crippen LogP contribution in [0.1, 0.15) is 44.8 Å². The lowest BCUT2D eigenvalue weighted by molar-refractivity contribution is 0.179. The van der Waals surface area contributed by atoms with Crippen LogP contribution in [0.2, 0.25) is 0 Å². The maximum Gasteiger partial charge on any atom is 0.335 e. The van der Waals surface area contributed by atoms with Crippen LogP contribution in [0.3, 0.4) is 0 Å². The largest absolute Gasteiger partial charge is 0.335 e. The SMILES string of the molecule is CCC(C)OP(=O)(O)C(CC)c1ccc(F)cc1. The van der Waals surface area contributed by atoms with Gasteiger partial charge < -0.3 is 9.42 Å². The molecular weight excluding hydrogens is 254 g/mol. The summed E-state index contributed by atoms with van der Waals surface area (Å²) in [6.07, 6.45) is 0.871. The fourth-order valence-corrected chi connectivity index (χ4v) is 3.57. The topological polar surface area (TPSA) is 46.5 Å². The van der Waals surface area contributed by atoms with Crippen molar-refractivity contribution in [3.63, 3.8) is 0 Å². The lowest BCUT2D eigenvalue weighted by atomic mass is 10.1. The molecule has 0 saturated heterocycles. The van der Waals surface area contributed by atoms with Crippen LogP contribution >= 0.6 is 7.60 Å². The minimum Gasteiger partial charge on any atom is -0.324 e. The highest BCUT2D eigenvalue weighted by Gasteiger charge is 2.33. The Kier molecular flexibility index (Phi) is 5.51. The lowest BCUT2D eigenvalue weighted by Gasteiger charge is -2.24. The van der Waals surface area contributed by atoms with Crippen molar-refractivity contribution in [2.75, 3.05) is 0 Å². The van der Waals surface area contributed by atoms with E-state index in [0.717, 1.165) is 0 Å². The third-order valence-corrected chi connectivity index (χ3v) is 5.05. The van der Waals surface area contributed by atoms with Gasteiger partial charge in [0, 0.05) is 0 Å². The van der Waals surface area contributed by atoms with Crippen molar-refractivity contribution in [2.24, 2.45) is 0 Å². The molecule has 0 spiro atoms. The van der Waals surface area contributed by atoms with Crippen molar-refractivity contribution in [2.45, 2.75) is 45.4 Å². The van der Waals surface area contributed by atoms with Crippen molar-refractivity contribution in [1.82, 2.24) is 0 Å². The number of benzene rings is 1. The fraction of sp³-hybridized carbons (Fsp3) is 0.538. The maximum atomic E-state index is 12.9. The lowest BCUT2D eigenvalue weighted by Crippen LogP contribution is -2.09. The van der Waals surface area contributed by atoms with E-state index in [0.29, 0.717) is 18.4 Å². The Morgan fingerprint density at radius 1 is 1.28 bits per heavy atom. The van der Waals surface area contributed by atoms with Gasteiger partial charge in [-0.2, -0.15) is 0 Å². The highest BCUT2D eigenvalue weighted by molar-refractivity contribution is 7.53. The second-order valence-electron chi connectivity index (χ2n) is 4.36. The molecule has 1 aromatic rings. The van der Waals surface area contributed by atoms with Gasteiger partial charge in [-0.1, -0.05) is 26.0 Å². The molecule has 3 unspecified atom stereocenters. The molecule has 0 aliphatic rings. The summed E-state index contributed by atoms with van der Waals surface area (Å²) < 4.78 is 30.3. The van der Waals surface area contributed by atoms with Gasteiger partial charge in [-0.25, -0.2) is 4.39 Å². The van der Waals surface area contributed by atoms with Crippen LogP contribution in [0.25, 0.3) is 0 Å². The summed E-state index contributed by atoms with van der Waals surface area (Å²) in [5, 5.41) is 0. The van der Waals surface area contributed by atoms with E-state index in [9.17, 15) is 13.8 Å². The van der Waals surface area contributed by atoms with Crippen LogP contribution in [-0.4, -0.2) is 11.0 Å². The smallest absolute Gasteiger partial charge is 0.324 e. The summed E-state index contributed by atoms with van der Waals surface area (Å²) in [7, 11) is -3.73. The Balaban J connectivity index is 2.94. The van der Waals surface area contributed by atoms with E-state index < -0.39 is 13.3 Å². The fourth-order valence-electron chi connectivity index (χ4n) is 1.75. The van der Waals surface area contributed by atoms with E-state index in [1.165, 1.54) is 24.3 Å². The first-order valence-corrected chi connectivity index (χ1v) is 7.81. The quantitative estimate of drug-likeness (QED) is 0.788. The first kappa shape index (κ1) is 15.4. The van der Waals surface area contributed by atoms with E-state index in [2.05, 4.69) is 0 Å². The average molecular weight is 274 g/mol. The summed E-state index contributed by atoms with van der Waals surface area (Å²) in [6, 6.07) is 5.65. The standard InChI is InChI=1S/C13H20FO3P/c1-4-10(3)17-18(15,16)13(5-2)11-6-8-12(14)9-7-11/h6-10,13H,4-5H2,1-3H3,(H,15,16). The molecular formula is C13H20FO3P. The minimum absolute atomic E-state index is 0.268. The van der Waals surface area contributed by atoms with Crippen molar-refractivity contribution in [3.8, 4) is 0 Å². The van der Waals surface area contributed by atoms with E-state index in [1.54, 1.807) is 6.92 Å². The molecule has 0 fully saturated rings. The minimum atomic E-state index is -3.73. The van der Waals surface area contributed by atoms with E-state index in [-0.39, 0.29) is 11.9 Å². The van der Waals surface area contributed by atoms with Crippen LogP contribution < -0.4 is 0 Å². The third kappa shape index (κ3) is 3.91. The van der Waals surface area contributed by atoms with Gasteiger partial charge in [-0.05, 0) is 37.5 Å². The number of hydrogen-bond acceptors (Lipinski definition) is 2. The molecule has 0 aliphatic heterocycles. The number of halogens is 1. The zero-order valence-electron chi connectivity index (χ0n) is 11.0. The van der Waals surface area contributed by atoms with Gasteiger partial charge in [0.1, 0.15) is 5.82 Å². The molecule has 5 heteroatoms. The monoisotopic (exact) mass is 274 g/mol. The second-order valence-corrected chi connectivity index (χ2v) is 6.33. The van der Waals surface area contributed by atoms with E-state index in [4.69, 9.17) is 4.52 Å². The molecule has 0 aromatic heterocycles. The van der Waals surface area contributed by atoms with Gasteiger partial charge in [0.15, 0.2) is 0 Å². The zero-order chi connectivity index (χ0) is 13.8. The maximum absolute atomic E-state index is 12.9. The predicted octanol–water partition coefficient (Wildman–Crippen LogP) is 4.28. The number of hydrogen-bond donors (Lipinski definition) is 1. The highest BCUT2D eigenvalue weighted by atomic mass is 31.2. The zero-order valence-corrected chi connectivity index (χ0v) is 11.9. The summed E-state index contributed by atoms with van der Waals surface area (Å²) in [6.45, 7) is 5.47. The normalized spacial score (nSPS) is 18.1.